The van der Waals surface area contributed by atoms with Gasteiger partial charge in [-0.2, -0.15) is 0 Å². The van der Waals surface area contributed by atoms with Crippen molar-refractivity contribution in [2.45, 2.75) is 32.2 Å². The Labute approximate surface area is 158 Å². The molecule has 0 spiro atoms. The van der Waals surface area contributed by atoms with Crippen LogP contribution in [0.15, 0.2) is 30.5 Å². The van der Waals surface area contributed by atoms with Gasteiger partial charge < -0.3 is 10.2 Å². The first-order valence-electron chi connectivity index (χ1n) is 8.92. The second-order valence-corrected chi connectivity index (χ2v) is 7.80. The van der Waals surface area contributed by atoms with Crippen LogP contribution in [0.4, 0.5) is 0 Å². The highest BCUT2D eigenvalue weighted by atomic mass is 35.5. The first-order chi connectivity index (χ1) is 12.3. The fourth-order valence-corrected chi connectivity index (χ4v) is 3.86. The van der Waals surface area contributed by atoms with Crippen molar-refractivity contribution in [3.8, 4) is 0 Å². The number of benzene rings is 1. The number of pyridine rings is 1. The molecule has 3 atom stereocenters. The second kappa shape index (κ2) is 7.62. The third-order valence-corrected chi connectivity index (χ3v) is 5.43. The van der Waals surface area contributed by atoms with E-state index >= 15 is 0 Å². The molecule has 1 saturated carbocycles. The lowest BCUT2D eigenvalue weighted by molar-refractivity contribution is -0.134. The van der Waals surface area contributed by atoms with Gasteiger partial charge in [0, 0.05) is 42.7 Å². The summed E-state index contributed by atoms with van der Waals surface area (Å²) in [5, 5.41) is 5.59. The fourth-order valence-electron chi connectivity index (χ4n) is 3.68. The predicted molar refractivity (Wildman–Crippen MR) is 103 cm³/mol. The Morgan fingerprint density at radius 1 is 1.19 bits per heavy atom. The van der Waals surface area contributed by atoms with E-state index < -0.39 is 0 Å². The minimum Gasteiger partial charge on any atom is -0.349 e. The van der Waals surface area contributed by atoms with Gasteiger partial charge in [-0.15, -0.1) is 0 Å². The number of fused-ring (bicyclic) bond motifs is 1. The van der Waals surface area contributed by atoms with Gasteiger partial charge >= 0.3 is 0 Å². The molecule has 2 amide bonds. The molecule has 2 aromatic rings. The highest BCUT2D eigenvalue weighted by molar-refractivity contribution is 6.31. The SMILES string of the molecule is C[C@@H]1C[C@@H](C(=O)N(C)C)CC[C@@H]1NC(=O)c1cc2ccc(Cl)cc2cn1. The minimum absolute atomic E-state index is 0.0525. The van der Waals surface area contributed by atoms with Gasteiger partial charge in [-0.3, -0.25) is 14.6 Å². The largest absolute Gasteiger partial charge is 0.349 e. The molecule has 0 unspecified atom stereocenters. The van der Waals surface area contributed by atoms with Crippen molar-refractivity contribution in [1.82, 2.24) is 15.2 Å². The fraction of sp³-hybridized carbons (Fsp3) is 0.450. The Balaban J connectivity index is 1.67. The number of halogens is 1. The molecule has 1 N–H and O–H groups in total. The van der Waals surface area contributed by atoms with Gasteiger partial charge in [-0.05, 0) is 48.8 Å². The second-order valence-electron chi connectivity index (χ2n) is 7.36. The first kappa shape index (κ1) is 18.6. The van der Waals surface area contributed by atoms with Gasteiger partial charge in [0.1, 0.15) is 5.69 Å². The summed E-state index contributed by atoms with van der Waals surface area (Å²) in [7, 11) is 3.58. The van der Waals surface area contributed by atoms with Crippen LogP contribution in [0.25, 0.3) is 10.8 Å². The molecule has 0 saturated heterocycles. The standard InChI is InChI=1S/C20H24ClN3O2/c1-12-8-14(20(26)24(2)3)5-7-17(12)23-19(25)18-10-13-4-6-16(21)9-15(13)11-22-18/h4,6,9-12,14,17H,5,7-8H2,1-3H3,(H,23,25)/t12-,14+,17+/m1/s1. The number of carbonyl (C=O) groups is 2. The lowest BCUT2D eigenvalue weighted by Gasteiger charge is -2.34. The van der Waals surface area contributed by atoms with Crippen molar-refractivity contribution in [2.24, 2.45) is 11.8 Å². The molecular weight excluding hydrogens is 350 g/mol. The molecule has 1 fully saturated rings. The highest BCUT2D eigenvalue weighted by Gasteiger charge is 2.33. The predicted octanol–water partition coefficient (Wildman–Crippen LogP) is 3.51. The zero-order chi connectivity index (χ0) is 18.8. The molecule has 1 aromatic heterocycles. The molecule has 0 aliphatic heterocycles. The van der Waals surface area contributed by atoms with Crippen LogP contribution < -0.4 is 5.32 Å². The third-order valence-electron chi connectivity index (χ3n) is 5.19. The quantitative estimate of drug-likeness (QED) is 0.895. The summed E-state index contributed by atoms with van der Waals surface area (Å²) in [5.74, 6) is 0.310. The van der Waals surface area contributed by atoms with Crippen LogP contribution in [0.3, 0.4) is 0 Å². The molecule has 1 aromatic carbocycles. The van der Waals surface area contributed by atoms with Gasteiger partial charge in [0.25, 0.3) is 5.91 Å². The average molecular weight is 374 g/mol. The van der Waals surface area contributed by atoms with Crippen LogP contribution in [-0.2, 0) is 4.79 Å². The highest BCUT2D eigenvalue weighted by Crippen LogP contribution is 2.30. The monoisotopic (exact) mass is 373 g/mol. The lowest BCUT2D eigenvalue weighted by Crippen LogP contribution is -2.45. The Kier molecular flexibility index (Phi) is 5.47. The Bertz CT molecular complexity index is 837. The summed E-state index contributed by atoms with van der Waals surface area (Å²) in [4.78, 5) is 30.7. The van der Waals surface area contributed by atoms with Crippen molar-refractivity contribution in [3.05, 3.63) is 41.2 Å². The van der Waals surface area contributed by atoms with Crippen molar-refractivity contribution < 1.29 is 9.59 Å². The van der Waals surface area contributed by atoms with E-state index in [0.29, 0.717) is 10.7 Å². The Morgan fingerprint density at radius 3 is 2.65 bits per heavy atom. The van der Waals surface area contributed by atoms with Crippen molar-refractivity contribution in [1.29, 1.82) is 0 Å². The van der Waals surface area contributed by atoms with E-state index in [-0.39, 0.29) is 29.7 Å². The molecule has 138 valence electrons. The van der Waals surface area contributed by atoms with Gasteiger partial charge in [-0.25, -0.2) is 0 Å². The number of nitrogens with zero attached hydrogens (tertiary/aromatic N) is 2. The summed E-state index contributed by atoms with van der Waals surface area (Å²) in [6.07, 6.45) is 4.08. The van der Waals surface area contributed by atoms with Crippen molar-refractivity contribution in [2.75, 3.05) is 14.1 Å². The molecule has 1 heterocycles. The number of aromatic nitrogens is 1. The van der Waals surface area contributed by atoms with E-state index in [1.807, 2.05) is 12.1 Å². The summed E-state index contributed by atoms with van der Waals surface area (Å²) in [5.41, 5.74) is 0.401. The molecule has 26 heavy (non-hydrogen) atoms. The summed E-state index contributed by atoms with van der Waals surface area (Å²) >= 11 is 5.99. The zero-order valence-corrected chi connectivity index (χ0v) is 16.1. The Hall–Kier alpha value is -2.14. The van der Waals surface area contributed by atoms with Crippen LogP contribution >= 0.6 is 11.6 Å². The van der Waals surface area contributed by atoms with Gasteiger partial charge in [0.05, 0.1) is 0 Å². The molecule has 0 bridgehead atoms. The van der Waals surface area contributed by atoms with Crippen molar-refractivity contribution >= 4 is 34.2 Å². The van der Waals surface area contributed by atoms with E-state index in [1.54, 1.807) is 37.3 Å². The maximum Gasteiger partial charge on any atom is 0.270 e. The zero-order valence-electron chi connectivity index (χ0n) is 15.3. The van der Waals surface area contributed by atoms with E-state index in [4.69, 9.17) is 11.6 Å². The number of amides is 2. The number of carbonyl (C=O) groups excluding carboxylic acids is 2. The van der Waals surface area contributed by atoms with Gasteiger partial charge in [0.2, 0.25) is 5.91 Å². The number of hydrogen-bond acceptors (Lipinski definition) is 3. The minimum atomic E-state index is -0.170. The smallest absolute Gasteiger partial charge is 0.270 e. The summed E-state index contributed by atoms with van der Waals surface area (Å²) in [6, 6.07) is 7.37. The first-order valence-corrected chi connectivity index (χ1v) is 9.30. The van der Waals surface area contributed by atoms with Crippen molar-refractivity contribution in [3.63, 3.8) is 0 Å². The maximum atomic E-state index is 12.6. The molecule has 6 heteroatoms. The van der Waals surface area contributed by atoms with Gasteiger partial charge in [0.15, 0.2) is 0 Å². The summed E-state index contributed by atoms with van der Waals surface area (Å²) < 4.78 is 0. The maximum absolute atomic E-state index is 12.6. The number of nitrogens with one attached hydrogen (secondary N) is 1. The molecule has 0 radical (unpaired) electrons. The molecular formula is C20H24ClN3O2. The average Bonchev–Trinajstić information content (AvgIpc) is 2.62. The van der Waals surface area contributed by atoms with Crippen LogP contribution in [0.5, 0.6) is 0 Å². The molecule has 1 aliphatic rings. The van der Waals surface area contributed by atoms with E-state index in [9.17, 15) is 9.59 Å². The van der Waals surface area contributed by atoms with Crippen LogP contribution in [-0.4, -0.2) is 41.8 Å². The number of hydrogen-bond donors (Lipinski definition) is 1. The summed E-state index contributed by atoms with van der Waals surface area (Å²) in [6.45, 7) is 2.09. The molecule has 5 nitrogen and oxygen atoms in total. The van der Waals surface area contributed by atoms with E-state index in [1.165, 1.54) is 0 Å². The van der Waals surface area contributed by atoms with Crippen LogP contribution in [0, 0.1) is 11.8 Å². The van der Waals surface area contributed by atoms with Gasteiger partial charge in [-0.1, -0.05) is 24.6 Å². The topological polar surface area (TPSA) is 62.3 Å². The molecule has 1 aliphatic carbocycles. The normalized spacial score (nSPS) is 22.8. The van der Waals surface area contributed by atoms with E-state index in [2.05, 4.69) is 17.2 Å². The van der Waals surface area contributed by atoms with Crippen LogP contribution in [0.1, 0.15) is 36.7 Å². The molecule has 3 rings (SSSR count). The number of rotatable bonds is 3. The van der Waals surface area contributed by atoms with E-state index in [0.717, 1.165) is 30.0 Å². The van der Waals surface area contributed by atoms with Crippen LogP contribution in [0.2, 0.25) is 5.02 Å². The Morgan fingerprint density at radius 2 is 1.96 bits per heavy atom. The third kappa shape index (κ3) is 3.98. The lowest BCUT2D eigenvalue weighted by atomic mass is 9.78.